The summed E-state index contributed by atoms with van der Waals surface area (Å²) in [6.45, 7) is 1.24. The summed E-state index contributed by atoms with van der Waals surface area (Å²) in [7, 11) is 2.91. The van der Waals surface area contributed by atoms with E-state index >= 15 is 0 Å². The highest BCUT2D eigenvalue weighted by molar-refractivity contribution is 6.31. The van der Waals surface area contributed by atoms with Crippen molar-refractivity contribution >= 4 is 23.4 Å². The SMILES string of the molecule is Cc1c(C(=O)N(C)C)cc(C(=O)NCc2ccc(F)cc2Cl)c(=O)n1-c1cccc(C(F)(F)F)c1. The van der Waals surface area contributed by atoms with Crippen molar-refractivity contribution in [2.75, 3.05) is 14.1 Å². The number of pyridine rings is 1. The number of carbonyl (C=O) groups excluding carboxylic acids is 2. The van der Waals surface area contributed by atoms with Gasteiger partial charge in [-0.05, 0) is 48.9 Å². The number of amides is 2. The Hall–Kier alpha value is -3.66. The summed E-state index contributed by atoms with van der Waals surface area (Å²) >= 11 is 5.97. The third kappa shape index (κ3) is 5.54. The fourth-order valence-electron chi connectivity index (χ4n) is 3.39. The van der Waals surface area contributed by atoms with Crippen molar-refractivity contribution in [1.29, 1.82) is 0 Å². The minimum absolute atomic E-state index is 0.0445. The van der Waals surface area contributed by atoms with Gasteiger partial charge in [0.1, 0.15) is 11.4 Å². The number of rotatable bonds is 5. The molecule has 0 bridgehead atoms. The molecule has 0 unspecified atom stereocenters. The summed E-state index contributed by atoms with van der Waals surface area (Å²) in [6.07, 6.45) is -4.67. The molecule has 0 aliphatic rings. The molecule has 184 valence electrons. The molecule has 0 aliphatic carbocycles. The lowest BCUT2D eigenvalue weighted by atomic mass is 10.1. The fourth-order valence-corrected chi connectivity index (χ4v) is 3.63. The largest absolute Gasteiger partial charge is 0.416 e. The quantitative estimate of drug-likeness (QED) is 0.511. The highest BCUT2D eigenvalue weighted by Gasteiger charge is 2.31. The van der Waals surface area contributed by atoms with Gasteiger partial charge in [0, 0.05) is 37.0 Å². The van der Waals surface area contributed by atoms with Gasteiger partial charge >= 0.3 is 6.18 Å². The molecule has 35 heavy (non-hydrogen) atoms. The normalized spacial score (nSPS) is 11.3. The van der Waals surface area contributed by atoms with Gasteiger partial charge < -0.3 is 10.2 Å². The molecule has 0 atom stereocenters. The number of alkyl halides is 3. The van der Waals surface area contributed by atoms with E-state index in [0.29, 0.717) is 5.56 Å². The zero-order valence-electron chi connectivity index (χ0n) is 18.8. The molecular weight excluding hydrogens is 490 g/mol. The topological polar surface area (TPSA) is 71.4 Å². The highest BCUT2D eigenvalue weighted by atomic mass is 35.5. The molecule has 1 aromatic heterocycles. The summed E-state index contributed by atoms with van der Waals surface area (Å²) in [5.74, 6) is -2.01. The molecule has 0 saturated carbocycles. The third-order valence-electron chi connectivity index (χ3n) is 5.21. The van der Waals surface area contributed by atoms with Crippen molar-refractivity contribution in [1.82, 2.24) is 14.8 Å². The standard InChI is InChI=1S/C24H20ClF4N3O3/c1-13-18(22(34)31(2)3)11-19(21(33)30-12-14-7-8-16(26)10-20(14)25)23(35)32(13)17-6-4-5-15(9-17)24(27,28)29/h4-11H,12H2,1-3H3,(H,30,33). The van der Waals surface area contributed by atoms with E-state index in [2.05, 4.69) is 5.32 Å². The van der Waals surface area contributed by atoms with E-state index in [9.17, 15) is 31.9 Å². The predicted octanol–water partition coefficient (Wildman–Crippen LogP) is 4.59. The first-order valence-electron chi connectivity index (χ1n) is 10.2. The van der Waals surface area contributed by atoms with Crippen LogP contribution in [0.1, 0.15) is 37.5 Å². The van der Waals surface area contributed by atoms with Crippen LogP contribution in [-0.2, 0) is 12.7 Å². The van der Waals surface area contributed by atoms with Crippen LogP contribution in [0.15, 0.2) is 53.3 Å². The lowest BCUT2D eigenvalue weighted by Gasteiger charge is -2.19. The van der Waals surface area contributed by atoms with Crippen molar-refractivity contribution in [2.24, 2.45) is 0 Å². The summed E-state index contributed by atoms with van der Waals surface area (Å²) in [6, 6.07) is 8.67. The van der Waals surface area contributed by atoms with Gasteiger partial charge in [-0.25, -0.2) is 4.39 Å². The molecule has 2 amide bonds. The van der Waals surface area contributed by atoms with Crippen LogP contribution in [0.3, 0.4) is 0 Å². The van der Waals surface area contributed by atoms with Crippen LogP contribution < -0.4 is 10.9 Å². The molecule has 0 radical (unpaired) electrons. The zero-order valence-corrected chi connectivity index (χ0v) is 19.6. The second-order valence-corrected chi connectivity index (χ2v) is 8.27. The monoisotopic (exact) mass is 509 g/mol. The molecule has 11 heteroatoms. The molecule has 0 saturated heterocycles. The first kappa shape index (κ1) is 26.0. The third-order valence-corrected chi connectivity index (χ3v) is 5.57. The van der Waals surface area contributed by atoms with Crippen LogP contribution in [0.25, 0.3) is 5.69 Å². The zero-order chi connectivity index (χ0) is 26.1. The van der Waals surface area contributed by atoms with Gasteiger partial charge in [0.25, 0.3) is 17.4 Å². The van der Waals surface area contributed by atoms with E-state index in [4.69, 9.17) is 11.6 Å². The lowest BCUT2D eigenvalue weighted by Crippen LogP contribution is -2.35. The number of aromatic nitrogens is 1. The maximum atomic E-state index is 13.3. The van der Waals surface area contributed by atoms with E-state index in [1.165, 1.54) is 38.1 Å². The van der Waals surface area contributed by atoms with Gasteiger partial charge in [-0.15, -0.1) is 0 Å². The average molecular weight is 510 g/mol. The Labute approximate surface area is 202 Å². The molecule has 1 N–H and O–H groups in total. The van der Waals surface area contributed by atoms with Gasteiger partial charge in [-0.1, -0.05) is 23.7 Å². The van der Waals surface area contributed by atoms with Gasteiger partial charge in [0.2, 0.25) is 0 Å². The molecule has 0 spiro atoms. The Kier molecular flexibility index (Phi) is 7.35. The van der Waals surface area contributed by atoms with Crippen molar-refractivity contribution in [3.05, 3.63) is 97.7 Å². The Morgan fingerprint density at radius 3 is 2.34 bits per heavy atom. The summed E-state index contributed by atoms with van der Waals surface area (Å²) < 4.78 is 54.0. The maximum absolute atomic E-state index is 13.3. The highest BCUT2D eigenvalue weighted by Crippen LogP contribution is 2.30. The molecule has 0 fully saturated rings. The number of hydrogen-bond acceptors (Lipinski definition) is 3. The molecule has 1 heterocycles. The van der Waals surface area contributed by atoms with Crippen LogP contribution >= 0.6 is 11.6 Å². The van der Waals surface area contributed by atoms with Crippen molar-refractivity contribution in [3.63, 3.8) is 0 Å². The fraction of sp³-hybridized carbons (Fsp3) is 0.208. The first-order valence-corrected chi connectivity index (χ1v) is 10.6. The van der Waals surface area contributed by atoms with Crippen LogP contribution in [0.5, 0.6) is 0 Å². The van der Waals surface area contributed by atoms with Gasteiger partial charge in [-0.3, -0.25) is 19.0 Å². The minimum Gasteiger partial charge on any atom is -0.348 e. The van der Waals surface area contributed by atoms with Crippen LogP contribution in [0.2, 0.25) is 5.02 Å². The van der Waals surface area contributed by atoms with Gasteiger partial charge in [-0.2, -0.15) is 13.2 Å². The van der Waals surface area contributed by atoms with E-state index < -0.39 is 40.5 Å². The molecule has 3 aromatic rings. The number of halogens is 5. The number of nitrogens with one attached hydrogen (secondary N) is 1. The Morgan fingerprint density at radius 2 is 1.74 bits per heavy atom. The first-order chi connectivity index (χ1) is 16.3. The molecule has 3 rings (SSSR count). The number of carbonyl (C=O) groups is 2. The molecule has 2 aromatic carbocycles. The molecular formula is C24H20ClF4N3O3. The number of benzene rings is 2. The number of nitrogens with zero attached hydrogens (tertiary/aromatic N) is 2. The predicted molar refractivity (Wildman–Crippen MR) is 122 cm³/mol. The Morgan fingerprint density at radius 1 is 1.06 bits per heavy atom. The minimum atomic E-state index is -4.67. The smallest absolute Gasteiger partial charge is 0.348 e. The molecule has 0 aliphatic heterocycles. The summed E-state index contributed by atoms with van der Waals surface area (Å²) in [5.41, 5.74) is -2.15. The summed E-state index contributed by atoms with van der Waals surface area (Å²) in [5, 5.41) is 2.54. The average Bonchev–Trinajstić information content (AvgIpc) is 2.77. The Bertz CT molecular complexity index is 1370. The van der Waals surface area contributed by atoms with Crippen LogP contribution in [0, 0.1) is 12.7 Å². The van der Waals surface area contributed by atoms with Crippen LogP contribution in [0.4, 0.5) is 17.6 Å². The van der Waals surface area contributed by atoms with Gasteiger partial charge in [0.05, 0.1) is 11.1 Å². The van der Waals surface area contributed by atoms with E-state index in [0.717, 1.165) is 41.0 Å². The lowest BCUT2D eigenvalue weighted by molar-refractivity contribution is -0.137. The molecule has 6 nitrogen and oxygen atoms in total. The summed E-state index contributed by atoms with van der Waals surface area (Å²) in [4.78, 5) is 40.2. The van der Waals surface area contributed by atoms with E-state index in [-0.39, 0.29) is 28.5 Å². The van der Waals surface area contributed by atoms with Crippen molar-refractivity contribution in [2.45, 2.75) is 19.6 Å². The van der Waals surface area contributed by atoms with Crippen molar-refractivity contribution in [3.8, 4) is 5.69 Å². The second kappa shape index (κ2) is 9.91. The maximum Gasteiger partial charge on any atom is 0.416 e. The second-order valence-electron chi connectivity index (χ2n) is 7.86. The van der Waals surface area contributed by atoms with Crippen LogP contribution in [-0.4, -0.2) is 35.4 Å². The van der Waals surface area contributed by atoms with E-state index in [1.807, 2.05) is 0 Å². The Balaban J connectivity index is 2.13. The van der Waals surface area contributed by atoms with Gasteiger partial charge in [0.15, 0.2) is 0 Å². The van der Waals surface area contributed by atoms with E-state index in [1.54, 1.807) is 0 Å². The van der Waals surface area contributed by atoms with Crippen molar-refractivity contribution < 1.29 is 27.2 Å². The number of hydrogen-bond donors (Lipinski definition) is 1.